The lowest BCUT2D eigenvalue weighted by Crippen LogP contribution is -2.17. The molecule has 0 aliphatic carbocycles. The fraction of sp³-hybridized carbons (Fsp3) is 0.455. The van der Waals surface area contributed by atoms with Gasteiger partial charge in [0.15, 0.2) is 0 Å². The molecular weight excluding hydrogens is 214 g/mol. The molecule has 1 saturated heterocycles. The van der Waals surface area contributed by atoms with E-state index >= 15 is 0 Å². The van der Waals surface area contributed by atoms with Crippen molar-refractivity contribution < 1.29 is 9.47 Å². The topological polar surface area (TPSA) is 30.5 Å². The molecular formula is C11H14ClNO2. The third-order valence-electron chi connectivity index (χ3n) is 2.50. The maximum Gasteiger partial charge on any atom is 0.124 e. The number of halogens is 1. The summed E-state index contributed by atoms with van der Waals surface area (Å²) in [7, 11) is 1.65. The molecule has 1 N–H and O–H groups in total. The lowest BCUT2D eigenvalue weighted by molar-refractivity contribution is 0.0516. The van der Waals surface area contributed by atoms with Gasteiger partial charge in [-0.1, -0.05) is 11.6 Å². The van der Waals surface area contributed by atoms with E-state index in [0.717, 1.165) is 17.9 Å². The first-order chi connectivity index (χ1) is 7.20. The van der Waals surface area contributed by atoms with E-state index in [4.69, 9.17) is 21.1 Å². The summed E-state index contributed by atoms with van der Waals surface area (Å²) >= 11 is 5.96. The Morgan fingerprint density at radius 2 is 2.33 bits per heavy atom. The SMILES string of the molecule is COc1ccc(Cl)cc1C1CNC(C)O1. The van der Waals surface area contributed by atoms with Gasteiger partial charge in [0.2, 0.25) is 0 Å². The summed E-state index contributed by atoms with van der Waals surface area (Å²) < 4.78 is 11.0. The molecule has 0 saturated carbocycles. The highest BCUT2D eigenvalue weighted by Gasteiger charge is 2.25. The molecule has 1 aliphatic heterocycles. The van der Waals surface area contributed by atoms with Gasteiger partial charge in [-0.15, -0.1) is 0 Å². The zero-order chi connectivity index (χ0) is 10.8. The Bertz CT molecular complexity index is 356. The van der Waals surface area contributed by atoms with Gasteiger partial charge in [0.25, 0.3) is 0 Å². The van der Waals surface area contributed by atoms with Gasteiger partial charge in [-0.2, -0.15) is 0 Å². The number of hydrogen-bond donors (Lipinski definition) is 1. The molecule has 0 radical (unpaired) electrons. The molecule has 3 nitrogen and oxygen atoms in total. The maximum atomic E-state index is 5.96. The van der Waals surface area contributed by atoms with Crippen molar-refractivity contribution in [1.29, 1.82) is 0 Å². The van der Waals surface area contributed by atoms with Gasteiger partial charge in [0.05, 0.1) is 7.11 Å². The second-order valence-corrected chi connectivity index (χ2v) is 4.00. The molecule has 0 spiro atoms. The zero-order valence-electron chi connectivity index (χ0n) is 8.79. The van der Waals surface area contributed by atoms with Crippen LogP contribution < -0.4 is 10.1 Å². The Morgan fingerprint density at radius 1 is 1.53 bits per heavy atom. The minimum atomic E-state index is 0.0219. The Balaban J connectivity index is 2.29. The van der Waals surface area contributed by atoms with Crippen molar-refractivity contribution in [2.75, 3.05) is 13.7 Å². The van der Waals surface area contributed by atoms with Crippen LogP contribution in [-0.2, 0) is 4.74 Å². The summed E-state index contributed by atoms with van der Waals surface area (Å²) in [5, 5.41) is 3.92. The van der Waals surface area contributed by atoms with Crippen LogP contribution in [0.4, 0.5) is 0 Å². The summed E-state index contributed by atoms with van der Waals surface area (Å²) in [6.45, 7) is 2.77. The van der Waals surface area contributed by atoms with Crippen LogP contribution in [0.2, 0.25) is 5.02 Å². The Labute approximate surface area is 94.3 Å². The molecule has 1 aliphatic rings. The predicted octanol–water partition coefficient (Wildman–Crippen LogP) is 2.36. The fourth-order valence-electron chi connectivity index (χ4n) is 1.76. The van der Waals surface area contributed by atoms with E-state index in [0.29, 0.717) is 5.02 Å². The van der Waals surface area contributed by atoms with Crippen LogP contribution in [0.15, 0.2) is 18.2 Å². The van der Waals surface area contributed by atoms with E-state index in [1.54, 1.807) is 7.11 Å². The lowest BCUT2D eigenvalue weighted by atomic mass is 10.1. The fourth-order valence-corrected chi connectivity index (χ4v) is 1.94. The van der Waals surface area contributed by atoms with E-state index in [1.165, 1.54) is 0 Å². The molecule has 1 fully saturated rings. The molecule has 1 heterocycles. The van der Waals surface area contributed by atoms with Crippen LogP contribution in [0.5, 0.6) is 5.75 Å². The normalized spacial score (nSPS) is 25.5. The summed E-state index contributed by atoms with van der Waals surface area (Å²) in [6, 6.07) is 5.57. The van der Waals surface area contributed by atoms with Crippen LogP contribution in [0.3, 0.4) is 0 Å². The van der Waals surface area contributed by atoms with Crippen molar-refractivity contribution in [3.8, 4) is 5.75 Å². The van der Waals surface area contributed by atoms with Crippen LogP contribution in [-0.4, -0.2) is 19.9 Å². The second-order valence-electron chi connectivity index (χ2n) is 3.56. The Hall–Kier alpha value is -0.770. The summed E-state index contributed by atoms with van der Waals surface area (Å²) in [6.07, 6.45) is 0.104. The van der Waals surface area contributed by atoms with E-state index in [1.807, 2.05) is 25.1 Å². The maximum absolute atomic E-state index is 5.96. The Kier molecular flexibility index (Phi) is 3.14. The molecule has 0 amide bonds. The third kappa shape index (κ3) is 2.25. The van der Waals surface area contributed by atoms with Crippen molar-refractivity contribution in [3.63, 3.8) is 0 Å². The minimum Gasteiger partial charge on any atom is -0.496 e. The molecule has 1 aromatic rings. The van der Waals surface area contributed by atoms with Crippen molar-refractivity contribution in [2.45, 2.75) is 19.3 Å². The largest absolute Gasteiger partial charge is 0.496 e. The first-order valence-electron chi connectivity index (χ1n) is 4.93. The van der Waals surface area contributed by atoms with Crippen LogP contribution in [0.25, 0.3) is 0 Å². The number of nitrogens with one attached hydrogen (secondary N) is 1. The zero-order valence-corrected chi connectivity index (χ0v) is 9.54. The highest BCUT2D eigenvalue weighted by Crippen LogP contribution is 2.32. The first-order valence-corrected chi connectivity index (χ1v) is 5.31. The molecule has 1 aromatic carbocycles. The second kappa shape index (κ2) is 4.39. The van der Waals surface area contributed by atoms with Crippen molar-refractivity contribution >= 4 is 11.6 Å². The Morgan fingerprint density at radius 3 is 2.93 bits per heavy atom. The average Bonchev–Trinajstić information content (AvgIpc) is 2.65. The quantitative estimate of drug-likeness (QED) is 0.842. The predicted molar refractivity (Wildman–Crippen MR) is 59.3 cm³/mol. The molecule has 2 atom stereocenters. The van der Waals surface area contributed by atoms with Gasteiger partial charge in [-0.25, -0.2) is 0 Å². The van der Waals surface area contributed by atoms with Gasteiger partial charge in [0.1, 0.15) is 18.1 Å². The van der Waals surface area contributed by atoms with Crippen molar-refractivity contribution in [1.82, 2.24) is 5.32 Å². The number of ether oxygens (including phenoxy) is 2. The molecule has 2 unspecified atom stereocenters. The van der Waals surface area contributed by atoms with Gasteiger partial charge in [-0.05, 0) is 25.1 Å². The monoisotopic (exact) mass is 227 g/mol. The molecule has 82 valence electrons. The van der Waals surface area contributed by atoms with Gasteiger partial charge >= 0.3 is 0 Å². The van der Waals surface area contributed by atoms with Gasteiger partial charge in [0, 0.05) is 17.1 Å². The molecule has 15 heavy (non-hydrogen) atoms. The standard InChI is InChI=1S/C11H14ClNO2/c1-7-13-6-11(15-7)9-5-8(12)3-4-10(9)14-2/h3-5,7,11,13H,6H2,1-2H3. The summed E-state index contributed by atoms with van der Waals surface area (Å²) in [4.78, 5) is 0. The highest BCUT2D eigenvalue weighted by atomic mass is 35.5. The number of hydrogen-bond acceptors (Lipinski definition) is 3. The van der Waals surface area contributed by atoms with Crippen molar-refractivity contribution in [3.05, 3.63) is 28.8 Å². The third-order valence-corrected chi connectivity index (χ3v) is 2.73. The molecule has 0 bridgehead atoms. The molecule has 0 aromatic heterocycles. The van der Waals surface area contributed by atoms with Gasteiger partial charge < -0.3 is 9.47 Å². The summed E-state index contributed by atoms with van der Waals surface area (Å²) in [5.41, 5.74) is 1.00. The first kappa shape index (κ1) is 10.7. The average molecular weight is 228 g/mol. The number of benzene rings is 1. The van der Waals surface area contributed by atoms with E-state index in [-0.39, 0.29) is 12.3 Å². The van der Waals surface area contributed by atoms with Crippen LogP contribution in [0, 0.1) is 0 Å². The van der Waals surface area contributed by atoms with E-state index in [9.17, 15) is 0 Å². The summed E-state index contributed by atoms with van der Waals surface area (Å²) in [5.74, 6) is 0.820. The van der Waals surface area contributed by atoms with Crippen molar-refractivity contribution in [2.24, 2.45) is 0 Å². The van der Waals surface area contributed by atoms with E-state index in [2.05, 4.69) is 5.32 Å². The van der Waals surface area contributed by atoms with Crippen LogP contribution in [0.1, 0.15) is 18.6 Å². The lowest BCUT2D eigenvalue weighted by Gasteiger charge is -2.14. The molecule has 4 heteroatoms. The van der Waals surface area contributed by atoms with E-state index < -0.39 is 0 Å². The van der Waals surface area contributed by atoms with Crippen LogP contribution >= 0.6 is 11.6 Å². The van der Waals surface area contributed by atoms with Gasteiger partial charge in [-0.3, -0.25) is 5.32 Å². The molecule has 2 rings (SSSR count). The number of rotatable bonds is 2. The minimum absolute atomic E-state index is 0.0219. The number of methoxy groups -OCH3 is 1. The smallest absolute Gasteiger partial charge is 0.124 e. The highest BCUT2D eigenvalue weighted by molar-refractivity contribution is 6.30.